The van der Waals surface area contributed by atoms with Crippen LogP contribution in [0.3, 0.4) is 0 Å². The molecule has 1 aromatic heterocycles. The van der Waals surface area contributed by atoms with E-state index >= 15 is 0 Å². The van der Waals surface area contributed by atoms with Crippen LogP contribution in [0.1, 0.15) is 63.1 Å². The normalized spacial score (nSPS) is 13.2. The van der Waals surface area contributed by atoms with Crippen LogP contribution in [0.2, 0.25) is 0 Å². The Labute approximate surface area is 284 Å². The van der Waals surface area contributed by atoms with Gasteiger partial charge in [0.2, 0.25) is 0 Å². The molecule has 0 spiro atoms. The smallest absolute Gasteiger partial charge is 0.419 e. The number of piperidine rings is 1. The third-order valence-electron chi connectivity index (χ3n) is 8.01. The Kier molecular flexibility index (Phi) is 11.6. The molecule has 1 aliphatic heterocycles. The third-order valence-corrected chi connectivity index (χ3v) is 9.04. The highest BCUT2D eigenvalue weighted by molar-refractivity contribution is 7.98. The van der Waals surface area contributed by atoms with Gasteiger partial charge >= 0.3 is 12.1 Å². The van der Waals surface area contributed by atoms with Crippen molar-refractivity contribution in [3.05, 3.63) is 113 Å². The number of rotatable bonds is 12. The van der Waals surface area contributed by atoms with Crippen molar-refractivity contribution in [2.75, 3.05) is 29.1 Å². The summed E-state index contributed by atoms with van der Waals surface area (Å²) in [5.41, 5.74) is 2.00. The summed E-state index contributed by atoms with van der Waals surface area (Å²) < 4.78 is 54.1. The standard InChI is InChI=1S/C36H34F4N4O4S/c37-33-26(8-5-9-29(33)36(38,39)40)21-42-34(47)25-12-14-41-31(19-25)28-20-27(44-15-2-1-3-16-44)10-11-30(28)43-35(48)24-7-4-6-23(18-24)22-49-17-13-32(45)46/h4-12,14,18-20H,1-3,13,15-17,21-22H2,(H,42,47)(H,43,48)(H,45,46). The lowest BCUT2D eigenvalue weighted by molar-refractivity contribution is -0.140. The van der Waals surface area contributed by atoms with Crippen molar-refractivity contribution < 1.29 is 37.1 Å². The first-order valence-electron chi connectivity index (χ1n) is 15.7. The van der Waals surface area contributed by atoms with E-state index in [-0.39, 0.29) is 23.5 Å². The van der Waals surface area contributed by atoms with E-state index in [1.807, 2.05) is 18.2 Å². The lowest BCUT2D eigenvalue weighted by Crippen LogP contribution is -2.29. The summed E-state index contributed by atoms with van der Waals surface area (Å²) in [6, 6.07) is 18.5. The fraction of sp³-hybridized carbons (Fsp3) is 0.278. The molecule has 1 saturated heterocycles. The Hall–Kier alpha value is -4.91. The Morgan fingerprint density at radius 3 is 2.41 bits per heavy atom. The first kappa shape index (κ1) is 35.4. The van der Waals surface area contributed by atoms with Gasteiger partial charge in [0.05, 0.1) is 23.4 Å². The van der Waals surface area contributed by atoms with E-state index in [2.05, 4.69) is 20.5 Å². The summed E-state index contributed by atoms with van der Waals surface area (Å²) in [6.07, 6.45) is -0.187. The second kappa shape index (κ2) is 16.0. The Bertz CT molecular complexity index is 1830. The molecule has 256 valence electrons. The van der Waals surface area contributed by atoms with Gasteiger partial charge in [-0.15, -0.1) is 0 Å². The predicted molar refractivity (Wildman–Crippen MR) is 181 cm³/mol. The molecule has 0 radical (unpaired) electrons. The number of thioether (sulfide) groups is 1. The molecular formula is C36H34F4N4O4S. The molecular weight excluding hydrogens is 660 g/mol. The second-order valence-electron chi connectivity index (χ2n) is 11.5. The number of hydrogen-bond donors (Lipinski definition) is 3. The minimum absolute atomic E-state index is 0.0479. The summed E-state index contributed by atoms with van der Waals surface area (Å²) in [4.78, 5) is 44.1. The molecule has 3 aromatic carbocycles. The number of pyridine rings is 1. The van der Waals surface area contributed by atoms with Gasteiger partial charge in [0, 0.05) is 65.3 Å². The number of carboxylic acid groups (broad SMARTS) is 1. The van der Waals surface area contributed by atoms with Crippen LogP contribution < -0.4 is 15.5 Å². The van der Waals surface area contributed by atoms with Crippen molar-refractivity contribution in [3.8, 4) is 11.3 Å². The van der Waals surface area contributed by atoms with E-state index in [0.717, 1.165) is 49.7 Å². The number of anilines is 2. The summed E-state index contributed by atoms with van der Waals surface area (Å²) in [5, 5.41) is 14.3. The topological polar surface area (TPSA) is 112 Å². The van der Waals surface area contributed by atoms with Gasteiger partial charge in [-0.3, -0.25) is 19.4 Å². The SMILES string of the molecule is O=C(O)CCSCc1cccc(C(=O)Nc2ccc(N3CCCCC3)cc2-c2cc(C(=O)NCc3cccc(C(F)(F)F)c3F)ccn2)c1. The molecule has 13 heteroatoms. The number of aliphatic carboxylic acids is 1. The lowest BCUT2D eigenvalue weighted by atomic mass is 10.0. The first-order valence-corrected chi connectivity index (χ1v) is 16.8. The van der Waals surface area contributed by atoms with E-state index in [0.29, 0.717) is 40.1 Å². The number of carbonyl (C=O) groups is 3. The summed E-state index contributed by atoms with van der Waals surface area (Å²) in [5.74, 6) is -2.33. The number of carbonyl (C=O) groups excluding carboxylic acids is 2. The van der Waals surface area contributed by atoms with Crippen LogP contribution in [0, 0.1) is 5.82 Å². The molecule has 1 aliphatic rings. The van der Waals surface area contributed by atoms with Crippen molar-refractivity contribution in [1.82, 2.24) is 10.3 Å². The van der Waals surface area contributed by atoms with Crippen LogP contribution in [-0.2, 0) is 23.3 Å². The van der Waals surface area contributed by atoms with E-state index in [1.54, 1.807) is 24.3 Å². The van der Waals surface area contributed by atoms with Gasteiger partial charge in [-0.2, -0.15) is 24.9 Å². The Balaban J connectivity index is 1.38. The molecule has 49 heavy (non-hydrogen) atoms. The van der Waals surface area contributed by atoms with E-state index in [9.17, 15) is 31.9 Å². The molecule has 3 N–H and O–H groups in total. The molecule has 0 atom stereocenters. The zero-order valence-corrected chi connectivity index (χ0v) is 27.2. The van der Waals surface area contributed by atoms with Gasteiger partial charge in [0.25, 0.3) is 11.8 Å². The molecule has 0 unspecified atom stereocenters. The quantitative estimate of drug-likeness (QED) is 0.103. The number of halogens is 4. The molecule has 2 amide bonds. The number of benzene rings is 3. The number of hydrogen-bond acceptors (Lipinski definition) is 6. The Morgan fingerprint density at radius 2 is 1.65 bits per heavy atom. The van der Waals surface area contributed by atoms with Gasteiger partial charge in [-0.1, -0.05) is 24.3 Å². The maximum Gasteiger partial charge on any atom is 0.419 e. The lowest BCUT2D eigenvalue weighted by Gasteiger charge is -2.29. The fourth-order valence-electron chi connectivity index (χ4n) is 5.48. The molecule has 0 aliphatic carbocycles. The average molecular weight is 695 g/mol. The fourth-order valence-corrected chi connectivity index (χ4v) is 6.36. The van der Waals surface area contributed by atoms with Crippen molar-refractivity contribution in [1.29, 1.82) is 0 Å². The highest BCUT2D eigenvalue weighted by Crippen LogP contribution is 2.34. The molecule has 2 heterocycles. The monoisotopic (exact) mass is 694 g/mol. The van der Waals surface area contributed by atoms with Crippen molar-refractivity contribution >= 4 is 40.9 Å². The van der Waals surface area contributed by atoms with Crippen LogP contribution in [0.25, 0.3) is 11.3 Å². The zero-order valence-electron chi connectivity index (χ0n) is 26.4. The minimum Gasteiger partial charge on any atom is -0.481 e. The van der Waals surface area contributed by atoms with Crippen LogP contribution in [-0.4, -0.2) is 46.7 Å². The maximum atomic E-state index is 14.5. The highest BCUT2D eigenvalue weighted by Gasteiger charge is 2.34. The number of nitrogens with zero attached hydrogens (tertiary/aromatic N) is 2. The summed E-state index contributed by atoms with van der Waals surface area (Å²) in [6.45, 7) is 1.27. The van der Waals surface area contributed by atoms with Crippen molar-refractivity contribution in [2.45, 2.75) is 44.2 Å². The number of carboxylic acids is 1. The minimum atomic E-state index is -4.87. The van der Waals surface area contributed by atoms with E-state index in [4.69, 9.17) is 5.11 Å². The first-order chi connectivity index (χ1) is 23.5. The van der Waals surface area contributed by atoms with Crippen LogP contribution >= 0.6 is 11.8 Å². The molecule has 5 rings (SSSR count). The summed E-state index contributed by atoms with van der Waals surface area (Å²) >= 11 is 1.46. The largest absolute Gasteiger partial charge is 0.481 e. The molecule has 1 fully saturated rings. The number of nitrogens with one attached hydrogen (secondary N) is 2. The van der Waals surface area contributed by atoms with E-state index in [1.165, 1.54) is 36.2 Å². The van der Waals surface area contributed by atoms with Gasteiger partial charge < -0.3 is 20.6 Å². The zero-order chi connectivity index (χ0) is 35.0. The molecule has 4 aromatic rings. The average Bonchev–Trinajstić information content (AvgIpc) is 3.09. The third kappa shape index (κ3) is 9.38. The van der Waals surface area contributed by atoms with Crippen LogP contribution in [0.4, 0.5) is 28.9 Å². The molecule has 8 nitrogen and oxygen atoms in total. The maximum absolute atomic E-state index is 14.5. The van der Waals surface area contributed by atoms with Crippen LogP contribution in [0.15, 0.2) is 79.0 Å². The summed E-state index contributed by atoms with van der Waals surface area (Å²) in [7, 11) is 0. The van der Waals surface area contributed by atoms with Gasteiger partial charge in [-0.25, -0.2) is 4.39 Å². The molecule has 0 bridgehead atoms. The number of alkyl halides is 3. The number of aromatic nitrogens is 1. The van der Waals surface area contributed by atoms with E-state index < -0.39 is 36.0 Å². The van der Waals surface area contributed by atoms with Gasteiger partial charge in [0.1, 0.15) is 5.82 Å². The number of amides is 2. The van der Waals surface area contributed by atoms with Crippen molar-refractivity contribution in [2.24, 2.45) is 0 Å². The molecule has 0 saturated carbocycles. The highest BCUT2D eigenvalue weighted by atomic mass is 32.2. The van der Waals surface area contributed by atoms with Crippen LogP contribution in [0.5, 0.6) is 0 Å². The van der Waals surface area contributed by atoms with Crippen molar-refractivity contribution in [3.63, 3.8) is 0 Å². The Morgan fingerprint density at radius 1 is 0.898 bits per heavy atom. The van der Waals surface area contributed by atoms with Gasteiger partial charge in [-0.05, 0) is 73.4 Å². The second-order valence-corrected chi connectivity index (χ2v) is 12.6. The van der Waals surface area contributed by atoms with Gasteiger partial charge in [0.15, 0.2) is 0 Å². The predicted octanol–water partition coefficient (Wildman–Crippen LogP) is 7.79.